The Morgan fingerprint density at radius 1 is 1.12 bits per heavy atom. The van der Waals surface area contributed by atoms with Crippen molar-refractivity contribution in [2.24, 2.45) is 0 Å². The van der Waals surface area contributed by atoms with E-state index in [1.807, 2.05) is 36.4 Å². The predicted molar refractivity (Wildman–Crippen MR) is 98.2 cm³/mol. The Kier molecular flexibility index (Phi) is 5.83. The third-order valence-corrected chi connectivity index (χ3v) is 4.80. The quantitative estimate of drug-likeness (QED) is 0.854. The van der Waals surface area contributed by atoms with Gasteiger partial charge in [-0.15, -0.1) is 0 Å². The molecule has 1 unspecified atom stereocenters. The molecule has 2 aromatic carbocycles. The smallest absolute Gasteiger partial charge is 0.252 e. The van der Waals surface area contributed by atoms with Gasteiger partial charge in [-0.1, -0.05) is 42.5 Å². The second kappa shape index (κ2) is 8.27. The van der Waals surface area contributed by atoms with Crippen LogP contribution in [0.3, 0.4) is 0 Å². The summed E-state index contributed by atoms with van der Waals surface area (Å²) in [6, 6.07) is 17.0. The molecule has 0 bridgehead atoms. The topological polar surface area (TPSA) is 58.6 Å². The first-order valence-corrected chi connectivity index (χ1v) is 8.91. The summed E-state index contributed by atoms with van der Waals surface area (Å²) in [5, 5.41) is 2.69. The number of amides is 2. The molecule has 1 aliphatic rings. The fourth-order valence-electron chi connectivity index (χ4n) is 2.75. The average molecular weight is 403 g/mol. The maximum atomic E-state index is 12.4. The highest BCUT2D eigenvalue weighted by atomic mass is 79.9. The van der Waals surface area contributed by atoms with Crippen molar-refractivity contribution in [3.05, 3.63) is 70.2 Å². The number of hydrogen-bond acceptors (Lipinski definition) is 3. The van der Waals surface area contributed by atoms with Crippen LogP contribution in [0.25, 0.3) is 0 Å². The van der Waals surface area contributed by atoms with Gasteiger partial charge in [-0.3, -0.25) is 9.59 Å². The average Bonchev–Trinajstić information content (AvgIpc) is 2.67. The zero-order chi connectivity index (χ0) is 17.6. The van der Waals surface area contributed by atoms with Crippen molar-refractivity contribution in [1.82, 2.24) is 10.2 Å². The van der Waals surface area contributed by atoms with E-state index >= 15 is 0 Å². The third kappa shape index (κ3) is 4.46. The van der Waals surface area contributed by atoms with Gasteiger partial charge in [-0.05, 0) is 33.6 Å². The van der Waals surface area contributed by atoms with Gasteiger partial charge < -0.3 is 15.0 Å². The molecule has 0 aliphatic carbocycles. The van der Waals surface area contributed by atoms with E-state index in [9.17, 15) is 9.59 Å². The molecule has 1 atom stereocenters. The van der Waals surface area contributed by atoms with E-state index in [2.05, 4.69) is 21.2 Å². The summed E-state index contributed by atoms with van der Waals surface area (Å²) in [5.41, 5.74) is 1.57. The molecule has 6 heteroatoms. The molecule has 0 aromatic heterocycles. The number of ether oxygens (including phenoxy) is 1. The van der Waals surface area contributed by atoms with Gasteiger partial charge in [0.1, 0.15) is 6.10 Å². The Morgan fingerprint density at radius 2 is 1.84 bits per heavy atom. The lowest BCUT2D eigenvalue weighted by Crippen LogP contribution is -2.46. The minimum atomic E-state index is -0.270. The van der Waals surface area contributed by atoms with Gasteiger partial charge in [0.25, 0.3) is 5.91 Å². The molecule has 130 valence electrons. The zero-order valence-corrected chi connectivity index (χ0v) is 15.2. The van der Waals surface area contributed by atoms with Crippen LogP contribution in [0.1, 0.15) is 22.0 Å². The molecule has 3 rings (SSSR count). The number of benzene rings is 2. The fraction of sp³-hybridized carbons (Fsp3) is 0.263. The van der Waals surface area contributed by atoms with Crippen LogP contribution in [0.4, 0.5) is 0 Å². The number of rotatable bonds is 4. The Bertz CT molecular complexity index is 751. The van der Waals surface area contributed by atoms with Crippen molar-refractivity contribution >= 4 is 27.7 Å². The summed E-state index contributed by atoms with van der Waals surface area (Å²) >= 11 is 3.34. The van der Waals surface area contributed by atoms with Gasteiger partial charge in [0.15, 0.2) is 0 Å². The van der Waals surface area contributed by atoms with Gasteiger partial charge in [-0.25, -0.2) is 0 Å². The number of morpholine rings is 1. The highest BCUT2D eigenvalue weighted by molar-refractivity contribution is 9.10. The highest BCUT2D eigenvalue weighted by Crippen LogP contribution is 2.22. The summed E-state index contributed by atoms with van der Waals surface area (Å²) in [7, 11) is 0. The van der Waals surface area contributed by atoms with E-state index in [1.165, 1.54) is 0 Å². The molecular weight excluding hydrogens is 384 g/mol. The van der Waals surface area contributed by atoms with E-state index in [1.54, 1.807) is 23.1 Å². The van der Waals surface area contributed by atoms with Crippen LogP contribution < -0.4 is 5.32 Å². The Morgan fingerprint density at radius 3 is 2.60 bits per heavy atom. The normalized spacial score (nSPS) is 17.2. The molecule has 0 spiro atoms. The standard InChI is InChI=1S/C19H19BrN2O3/c20-16-9-5-4-8-15(16)19(24)21-12-18(23)22-10-11-25-17(13-22)14-6-2-1-3-7-14/h1-9,17H,10-13H2,(H,21,24). The van der Waals surface area contributed by atoms with Crippen molar-refractivity contribution in [3.63, 3.8) is 0 Å². The molecule has 0 saturated carbocycles. The minimum absolute atomic E-state index is 0.0261. The first-order valence-electron chi connectivity index (χ1n) is 8.12. The predicted octanol–water partition coefficient (Wildman–Crippen LogP) is 2.78. The fourth-order valence-corrected chi connectivity index (χ4v) is 3.22. The van der Waals surface area contributed by atoms with Crippen LogP contribution >= 0.6 is 15.9 Å². The summed E-state index contributed by atoms with van der Waals surface area (Å²) in [6.45, 7) is 1.49. The SMILES string of the molecule is O=C(NCC(=O)N1CCOC(c2ccccc2)C1)c1ccccc1Br. The molecule has 2 amide bonds. The number of hydrogen-bond donors (Lipinski definition) is 1. The third-order valence-electron chi connectivity index (χ3n) is 4.11. The van der Waals surface area contributed by atoms with Gasteiger partial charge in [-0.2, -0.15) is 0 Å². The molecule has 25 heavy (non-hydrogen) atoms. The molecular formula is C19H19BrN2O3. The lowest BCUT2D eigenvalue weighted by atomic mass is 10.1. The minimum Gasteiger partial charge on any atom is -0.370 e. The second-order valence-electron chi connectivity index (χ2n) is 5.77. The first-order chi connectivity index (χ1) is 12.1. The van der Waals surface area contributed by atoms with Crippen LogP contribution in [0, 0.1) is 0 Å². The second-order valence-corrected chi connectivity index (χ2v) is 6.63. The molecule has 2 aromatic rings. The first kappa shape index (κ1) is 17.6. The van der Waals surface area contributed by atoms with Crippen molar-refractivity contribution in [2.75, 3.05) is 26.2 Å². The summed E-state index contributed by atoms with van der Waals surface area (Å²) < 4.78 is 6.47. The van der Waals surface area contributed by atoms with Gasteiger partial charge >= 0.3 is 0 Å². The molecule has 1 heterocycles. The summed E-state index contributed by atoms with van der Waals surface area (Å²) in [4.78, 5) is 26.4. The van der Waals surface area contributed by atoms with E-state index < -0.39 is 0 Å². The van der Waals surface area contributed by atoms with Crippen LogP contribution in [0.15, 0.2) is 59.1 Å². The largest absolute Gasteiger partial charge is 0.370 e. The highest BCUT2D eigenvalue weighted by Gasteiger charge is 2.25. The van der Waals surface area contributed by atoms with Crippen molar-refractivity contribution in [2.45, 2.75) is 6.10 Å². The molecule has 0 radical (unpaired) electrons. The van der Waals surface area contributed by atoms with Gasteiger partial charge in [0.05, 0.1) is 25.3 Å². The van der Waals surface area contributed by atoms with Gasteiger partial charge in [0, 0.05) is 11.0 Å². The molecule has 5 nitrogen and oxygen atoms in total. The van der Waals surface area contributed by atoms with Crippen LogP contribution in [-0.4, -0.2) is 43.0 Å². The van der Waals surface area contributed by atoms with E-state index in [0.717, 1.165) is 5.56 Å². The molecule has 1 saturated heterocycles. The molecule has 1 aliphatic heterocycles. The number of carbonyl (C=O) groups is 2. The Balaban J connectivity index is 1.56. The number of halogens is 1. The van der Waals surface area contributed by atoms with Crippen molar-refractivity contribution < 1.29 is 14.3 Å². The lowest BCUT2D eigenvalue weighted by molar-refractivity contribution is -0.137. The van der Waals surface area contributed by atoms with E-state index in [4.69, 9.17) is 4.74 Å². The monoisotopic (exact) mass is 402 g/mol. The van der Waals surface area contributed by atoms with E-state index in [-0.39, 0.29) is 24.5 Å². The number of nitrogens with zero attached hydrogens (tertiary/aromatic N) is 1. The number of carbonyl (C=O) groups excluding carboxylic acids is 2. The Hall–Kier alpha value is -2.18. The van der Waals surface area contributed by atoms with Crippen molar-refractivity contribution in [1.29, 1.82) is 0 Å². The van der Waals surface area contributed by atoms with Crippen LogP contribution in [-0.2, 0) is 9.53 Å². The van der Waals surface area contributed by atoms with E-state index in [0.29, 0.717) is 29.7 Å². The summed E-state index contributed by atoms with van der Waals surface area (Å²) in [6.07, 6.45) is -0.127. The Labute approximate surface area is 155 Å². The van der Waals surface area contributed by atoms with Gasteiger partial charge in [0.2, 0.25) is 5.91 Å². The maximum Gasteiger partial charge on any atom is 0.252 e. The summed E-state index contributed by atoms with van der Waals surface area (Å²) in [5.74, 6) is -0.377. The maximum absolute atomic E-state index is 12.4. The van der Waals surface area contributed by atoms with Crippen LogP contribution in [0.2, 0.25) is 0 Å². The van der Waals surface area contributed by atoms with Crippen LogP contribution in [0.5, 0.6) is 0 Å². The number of nitrogens with one attached hydrogen (secondary N) is 1. The van der Waals surface area contributed by atoms with Crippen molar-refractivity contribution in [3.8, 4) is 0 Å². The molecule has 1 N–H and O–H groups in total. The lowest BCUT2D eigenvalue weighted by Gasteiger charge is -2.33. The molecule has 1 fully saturated rings. The zero-order valence-electron chi connectivity index (χ0n) is 13.7.